The second kappa shape index (κ2) is 9.40. The molecule has 1 unspecified atom stereocenters. The van der Waals surface area contributed by atoms with Gasteiger partial charge in [0.2, 0.25) is 11.8 Å². The fraction of sp³-hybridized carbons (Fsp3) is 0.346. The Morgan fingerprint density at radius 1 is 1.03 bits per heavy atom. The molecule has 3 aliphatic heterocycles. The quantitative estimate of drug-likeness (QED) is 0.526. The molecule has 6 rings (SSSR count). The van der Waals surface area contributed by atoms with Gasteiger partial charge >= 0.3 is 0 Å². The van der Waals surface area contributed by atoms with Gasteiger partial charge in [-0.15, -0.1) is 0 Å². The minimum Gasteiger partial charge on any atom is -0.367 e. The third-order valence-corrected chi connectivity index (χ3v) is 7.36. The number of hydrogen-bond donors (Lipinski definition) is 1. The van der Waals surface area contributed by atoms with Gasteiger partial charge in [0, 0.05) is 51.3 Å². The number of nitrogens with zero attached hydrogens (tertiary/aromatic N) is 6. The summed E-state index contributed by atoms with van der Waals surface area (Å²) in [5.41, 5.74) is 3.58. The molecule has 3 aromatic rings. The molecule has 3 aliphatic rings. The number of piperidine rings is 1. The summed E-state index contributed by atoms with van der Waals surface area (Å²) in [6, 6.07) is 10.4. The van der Waals surface area contributed by atoms with Crippen molar-refractivity contribution in [2.45, 2.75) is 32.0 Å². The van der Waals surface area contributed by atoms with Crippen molar-refractivity contribution < 1.29 is 18.8 Å². The highest BCUT2D eigenvalue weighted by atomic mass is 19.1. The monoisotopic (exact) mass is 503 g/mol. The lowest BCUT2D eigenvalue weighted by atomic mass is 10.0. The van der Waals surface area contributed by atoms with Crippen molar-refractivity contribution in [3.63, 3.8) is 0 Å². The number of imide groups is 1. The molecule has 0 radical (unpaired) electrons. The van der Waals surface area contributed by atoms with E-state index in [1.54, 1.807) is 17.1 Å². The predicted molar refractivity (Wildman–Crippen MR) is 131 cm³/mol. The van der Waals surface area contributed by atoms with Gasteiger partial charge in [0.1, 0.15) is 24.5 Å². The second-order valence-corrected chi connectivity index (χ2v) is 9.59. The van der Waals surface area contributed by atoms with Crippen molar-refractivity contribution in [1.82, 2.24) is 29.9 Å². The second-order valence-electron chi connectivity index (χ2n) is 9.59. The highest BCUT2D eigenvalue weighted by Crippen LogP contribution is 2.33. The van der Waals surface area contributed by atoms with Gasteiger partial charge in [-0.25, -0.2) is 14.1 Å². The van der Waals surface area contributed by atoms with Crippen molar-refractivity contribution >= 4 is 23.4 Å². The van der Waals surface area contributed by atoms with Gasteiger partial charge in [-0.2, -0.15) is 5.10 Å². The first-order valence-electron chi connectivity index (χ1n) is 12.4. The molecule has 2 saturated heterocycles. The van der Waals surface area contributed by atoms with Crippen LogP contribution in [0.2, 0.25) is 0 Å². The minimum absolute atomic E-state index is 0.184. The van der Waals surface area contributed by atoms with Crippen LogP contribution in [-0.2, 0) is 22.7 Å². The largest absolute Gasteiger partial charge is 0.367 e. The van der Waals surface area contributed by atoms with Crippen molar-refractivity contribution in [1.29, 1.82) is 0 Å². The SMILES string of the molecule is O=C1CCC(N2Cc3cc(N4CCN(Cc5ccccc5-n5cncn5)CC4)c(F)cc3C2=O)C(=O)N1. The van der Waals surface area contributed by atoms with Crippen molar-refractivity contribution in [2.75, 3.05) is 31.1 Å². The fourth-order valence-corrected chi connectivity index (χ4v) is 5.41. The number of fused-ring (bicyclic) bond motifs is 1. The van der Waals surface area contributed by atoms with Crippen molar-refractivity contribution in [2.24, 2.45) is 0 Å². The molecule has 2 aromatic carbocycles. The Morgan fingerprint density at radius 2 is 1.84 bits per heavy atom. The molecule has 37 heavy (non-hydrogen) atoms. The lowest BCUT2D eigenvalue weighted by Gasteiger charge is -2.36. The van der Waals surface area contributed by atoms with Crippen LogP contribution >= 0.6 is 0 Å². The summed E-state index contributed by atoms with van der Waals surface area (Å²) in [6.07, 6.45) is 3.66. The molecular weight excluding hydrogens is 477 g/mol. The molecule has 4 heterocycles. The van der Waals surface area contributed by atoms with E-state index in [9.17, 15) is 14.4 Å². The third-order valence-electron chi connectivity index (χ3n) is 7.36. The van der Waals surface area contributed by atoms with Crippen LogP contribution in [0.25, 0.3) is 5.69 Å². The number of nitrogens with one attached hydrogen (secondary N) is 1. The number of rotatable bonds is 5. The number of aromatic nitrogens is 3. The molecule has 2 fully saturated rings. The smallest absolute Gasteiger partial charge is 0.255 e. The van der Waals surface area contributed by atoms with E-state index in [2.05, 4.69) is 26.4 Å². The first-order chi connectivity index (χ1) is 18.0. The first-order valence-corrected chi connectivity index (χ1v) is 12.4. The number of piperazine rings is 1. The maximum atomic E-state index is 15.2. The molecule has 1 N–H and O–H groups in total. The van der Waals surface area contributed by atoms with Crippen LogP contribution < -0.4 is 10.2 Å². The normalized spacial score (nSPS) is 20.4. The summed E-state index contributed by atoms with van der Waals surface area (Å²) in [5.74, 6) is -1.62. The van der Waals surface area contributed by atoms with Gasteiger partial charge in [0.25, 0.3) is 5.91 Å². The van der Waals surface area contributed by atoms with Crippen LogP contribution in [0, 0.1) is 5.82 Å². The summed E-state index contributed by atoms with van der Waals surface area (Å²) in [6.45, 7) is 3.77. The number of amides is 3. The summed E-state index contributed by atoms with van der Waals surface area (Å²) in [7, 11) is 0. The average Bonchev–Trinajstić information content (AvgIpc) is 3.53. The summed E-state index contributed by atoms with van der Waals surface area (Å²) in [4.78, 5) is 46.6. The predicted octanol–water partition coefficient (Wildman–Crippen LogP) is 1.49. The van der Waals surface area contributed by atoms with Gasteiger partial charge in [-0.3, -0.25) is 24.6 Å². The molecule has 0 saturated carbocycles. The van der Waals surface area contributed by atoms with E-state index in [1.165, 1.54) is 17.3 Å². The molecule has 1 aromatic heterocycles. The molecule has 10 nitrogen and oxygen atoms in total. The Balaban J connectivity index is 1.14. The number of carbonyl (C=O) groups excluding carboxylic acids is 3. The third kappa shape index (κ3) is 4.35. The van der Waals surface area contributed by atoms with Crippen molar-refractivity contribution in [3.05, 3.63) is 71.6 Å². The van der Waals surface area contributed by atoms with Crippen LogP contribution in [0.1, 0.15) is 34.3 Å². The number of hydrogen-bond acceptors (Lipinski definition) is 7. The topological polar surface area (TPSA) is 104 Å². The lowest BCUT2D eigenvalue weighted by molar-refractivity contribution is -0.136. The molecule has 11 heteroatoms. The minimum atomic E-state index is -0.715. The van der Waals surface area contributed by atoms with Crippen LogP contribution in [0.5, 0.6) is 0 Å². The molecule has 0 spiro atoms. The lowest BCUT2D eigenvalue weighted by Crippen LogP contribution is -2.52. The Hall–Kier alpha value is -4.12. The number of carbonyl (C=O) groups is 3. The molecule has 3 amide bonds. The Morgan fingerprint density at radius 3 is 2.59 bits per heavy atom. The fourth-order valence-electron chi connectivity index (χ4n) is 5.41. The van der Waals surface area contributed by atoms with E-state index < -0.39 is 17.8 Å². The molecule has 0 aliphatic carbocycles. The summed E-state index contributed by atoms with van der Waals surface area (Å²) in [5, 5.41) is 6.54. The van der Waals surface area contributed by atoms with Gasteiger partial charge < -0.3 is 9.80 Å². The van der Waals surface area contributed by atoms with Gasteiger partial charge in [0.05, 0.1) is 11.4 Å². The standard InChI is InChI=1S/C26H26FN7O3/c27-20-12-19-18(14-33(26(19)37)22-5-6-24(35)30-25(22)36)11-23(20)32-9-7-31(8-10-32)13-17-3-1-2-4-21(17)34-16-28-15-29-34/h1-4,11-12,15-16,22H,5-10,13-14H2,(H,30,35,36). The Kier molecular flexibility index (Phi) is 5.91. The van der Waals surface area contributed by atoms with E-state index >= 15 is 4.39 Å². The van der Waals surface area contributed by atoms with Crippen LogP contribution in [0.15, 0.2) is 49.1 Å². The molecule has 1 atom stereocenters. The van der Waals surface area contributed by atoms with E-state index in [0.29, 0.717) is 24.3 Å². The molecule has 190 valence electrons. The number of benzene rings is 2. The van der Waals surface area contributed by atoms with Crippen molar-refractivity contribution in [3.8, 4) is 5.69 Å². The zero-order chi connectivity index (χ0) is 25.5. The maximum absolute atomic E-state index is 15.2. The van der Waals surface area contributed by atoms with Crippen LogP contribution in [0.3, 0.4) is 0 Å². The maximum Gasteiger partial charge on any atom is 0.255 e. The van der Waals surface area contributed by atoms with Crippen LogP contribution in [-0.4, -0.2) is 74.5 Å². The van der Waals surface area contributed by atoms with Gasteiger partial charge in [-0.1, -0.05) is 18.2 Å². The van der Waals surface area contributed by atoms with E-state index in [1.807, 2.05) is 23.1 Å². The van der Waals surface area contributed by atoms with Gasteiger partial charge in [0.15, 0.2) is 0 Å². The Bertz CT molecular complexity index is 1370. The van der Waals surface area contributed by atoms with E-state index in [4.69, 9.17) is 0 Å². The number of halogens is 1. The summed E-state index contributed by atoms with van der Waals surface area (Å²) < 4.78 is 16.9. The zero-order valence-electron chi connectivity index (χ0n) is 20.1. The zero-order valence-corrected chi connectivity index (χ0v) is 20.1. The van der Waals surface area contributed by atoms with Gasteiger partial charge in [-0.05, 0) is 35.7 Å². The number of anilines is 1. The molecule has 0 bridgehead atoms. The number of para-hydroxylation sites is 1. The highest BCUT2D eigenvalue weighted by Gasteiger charge is 2.40. The average molecular weight is 504 g/mol. The summed E-state index contributed by atoms with van der Waals surface area (Å²) >= 11 is 0. The first kappa shape index (κ1) is 23.3. The van der Waals surface area contributed by atoms with Crippen LogP contribution in [0.4, 0.5) is 10.1 Å². The Labute approximate surface area is 212 Å². The van der Waals surface area contributed by atoms with E-state index in [0.717, 1.165) is 30.9 Å². The molecular formula is C26H26FN7O3. The van der Waals surface area contributed by atoms with E-state index in [-0.39, 0.29) is 36.8 Å². The highest BCUT2D eigenvalue weighted by molar-refractivity contribution is 6.05.